The molecule has 0 fully saturated rings. The zero-order valence-electron chi connectivity index (χ0n) is 10.00. The lowest BCUT2D eigenvalue weighted by Crippen LogP contribution is -2.15. The van der Waals surface area contributed by atoms with Crippen molar-refractivity contribution in [1.82, 2.24) is 4.98 Å². The van der Waals surface area contributed by atoms with Gasteiger partial charge in [-0.1, -0.05) is 30.3 Å². The standard InChI is InChI=1S/C13H14N2O2S/c1-11-7-13(9-14-8-11)15-18(16,17)10-12-5-3-2-4-6-12/h2-9,15H,10H2,1H3. The predicted octanol–water partition coefficient (Wildman–Crippen LogP) is 2.33. The molecular formula is C13H14N2O2S. The molecule has 1 N–H and O–H groups in total. The van der Waals surface area contributed by atoms with Crippen LogP contribution in [0.3, 0.4) is 0 Å². The van der Waals surface area contributed by atoms with Crippen LogP contribution in [0.1, 0.15) is 11.1 Å². The summed E-state index contributed by atoms with van der Waals surface area (Å²) in [6.07, 6.45) is 3.17. The normalized spacial score (nSPS) is 11.2. The van der Waals surface area contributed by atoms with E-state index in [2.05, 4.69) is 9.71 Å². The lowest BCUT2D eigenvalue weighted by molar-refractivity contribution is 0.600. The van der Waals surface area contributed by atoms with Crippen molar-refractivity contribution in [3.05, 3.63) is 59.9 Å². The Kier molecular flexibility index (Phi) is 3.62. The number of benzene rings is 1. The molecule has 0 radical (unpaired) electrons. The highest BCUT2D eigenvalue weighted by Crippen LogP contribution is 2.12. The molecule has 0 spiro atoms. The van der Waals surface area contributed by atoms with Crippen LogP contribution in [-0.4, -0.2) is 13.4 Å². The van der Waals surface area contributed by atoms with Crippen LogP contribution in [0.4, 0.5) is 5.69 Å². The second-order valence-corrected chi connectivity index (χ2v) is 5.82. The molecule has 2 aromatic rings. The highest BCUT2D eigenvalue weighted by atomic mass is 32.2. The SMILES string of the molecule is Cc1cncc(NS(=O)(=O)Cc2ccccc2)c1. The fourth-order valence-electron chi connectivity index (χ4n) is 1.62. The van der Waals surface area contributed by atoms with Crippen LogP contribution in [0, 0.1) is 6.92 Å². The third kappa shape index (κ3) is 3.56. The zero-order valence-corrected chi connectivity index (χ0v) is 10.8. The summed E-state index contributed by atoms with van der Waals surface area (Å²) >= 11 is 0. The number of sulfonamides is 1. The number of nitrogens with one attached hydrogen (secondary N) is 1. The largest absolute Gasteiger partial charge is 0.282 e. The van der Waals surface area contributed by atoms with Gasteiger partial charge in [0.05, 0.1) is 17.6 Å². The number of rotatable bonds is 4. The average Bonchev–Trinajstić information content (AvgIpc) is 2.28. The summed E-state index contributed by atoms with van der Waals surface area (Å²) in [5.74, 6) is -0.0399. The Labute approximate surface area is 107 Å². The van der Waals surface area contributed by atoms with Gasteiger partial charge in [-0.05, 0) is 24.1 Å². The summed E-state index contributed by atoms with van der Waals surface area (Å²) in [4.78, 5) is 3.95. The molecule has 0 aliphatic heterocycles. The minimum absolute atomic E-state index is 0.0399. The van der Waals surface area contributed by atoms with Gasteiger partial charge in [0, 0.05) is 6.20 Å². The van der Waals surface area contributed by atoms with Gasteiger partial charge in [0.15, 0.2) is 0 Å². The number of pyridine rings is 1. The van der Waals surface area contributed by atoms with Gasteiger partial charge in [0.25, 0.3) is 0 Å². The third-order valence-electron chi connectivity index (χ3n) is 2.35. The van der Waals surface area contributed by atoms with Crippen LogP contribution in [0.25, 0.3) is 0 Å². The van der Waals surface area contributed by atoms with Crippen LogP contribution in [-0.2, 0) is 15.8 Å². The van der Waals surface area contributed by atoms with Crippen molar-refractivity contribution in [3.8, 4) is 0 Å². The van der Waals surface area contributed by atoms with E-state index in [9.17, 15) is 8.42 Å². The molecule has 1 heterocycles. The molecule has 0 aliphatic carbocycles. The highest BCUT2D eigenvalue weighted by molar-refractivity contribution is 7.91. The molecule has 0 saturated heterocycles. The average molecular weight is 262 g/mol. The van der Waals surface area contributed by atoms with Crippen molar-refractivity contribution in [2.45, 2.75) is 12.7 Å². The van der Waals surface area contributed by atoms with E-state index in [4.69, 9.17) is 0 Å². The molecule has 94 valence electrons. The molecule has 5 heteroatoms. The summed E-state index contributed by atoms with van der Waals surface area (Å²) in [7, 11) is -3.39. The van der Waals surface area contributed by atoms with E-state index in [1.54, 1.807) is 24.4 Å². The molecule has 0 unspecified atom stereocenters. The van der Waals surface area contributed by atoms with Crippen LogP contribution >= 0.6 is 0 Å². The van der Waals surface area contributed by atoms with Crippen LogP contribution in [0.5, 0.6) is 0 Å². The number of anilines is 1. The Morgan fingerprint density at radius 2 is 1.89 bits per heavy atom. The topological polar surface area (TPSA) is 59.1 Å². The molecule has 0 bridgehead atoms. The summed E-state index contributed by atoms with van der Waals surface area (Å²) < 4.78 is 26.4. The summed E-state index contributed by atoms with van der Waals surface area (Å²) in [6, 6.07) is 10.8. The summed E-state index contributed by atoms with van der Waals surface area (Å²) in [5, 5.41) is 0. The fourth-order valence-corrected chi connectivity index (χ4v) is 2.79. The van der Waals surface area contributed by atoms with Crippen LogP contribution in [0.15, 0.2) is 48.8 Å². The summed E-state index contributed by atoms with van der Waals surface area (Å²) in [6.45, 7) is 1.86. The van der Waals surface area contributed by atoms with Crippen molar-refractivity contribution in [2.24, 2.45) is 0 Å². The predicted molar refractivity (Wildman–Crippen MR) is 71.7 cm³/mol. The van der Waals surface area contributed by atoms with Crippen LogP contribution < -0.4 is 4.72 Å². The third-order valence-corrected chi connectivity index (χ3v) is 3.61. The highest BCUT2D eigenvalue weighted by Gasteiger charge is 2.11. The second-order valence-electron chi connectivity index (χ2n) is 4.10. The Hall–Kier alpha value is -1.88. The van der Waals surface area contributed by atoms with Gasteiger partial charge >= 0.3 is 0 Å². The van der Waals surface area contributed by atoms with E-state index in [1.807, 2.05) is 25.1 Å². The Morgan fingerprint density at radius 3 is 2.56 bits per heavy atom. The van der Waals surface area contributed by atoms with Crippen LogP contribution in [0.2, 0.25) is 0 Å². The monoisotopic (exact) mass is 262 g/mol. The van der Waals surface area contributed by atoms with Gasteiger partial charge in [-0.15, -0.1) is 0 Å². The van der Waals surface area contributed by atoms with E-state index < -0.39 is 10.0 Å². The number of aryl methyl sites for hydroxylation is 1. The first kappa shape index (κ1) is 12.6. The number of hydrogen-bond acceptors (Lipinski definition) is 3. The van der Waals surface area contributed by atoms with Gasteiger partial charge < -0.3 is 0 Å². The van der Waals surface area contributed by atoms with Crippen molar-refractivity contribution in [2.75, 3.05) is 4.72 Å². The van der Waals surface area contributed by atoms with Crippen molar-refractivity contribution >= 4 is 15.7 Å². The molecule has 0 saturated carbocycles. The smallest absolute Gasteiger partial charge is 0.236 e. The van der Waals surface area contributed by atoms with E-state index in [0.717, 1.165) is 11.1 Å². The molecular weight excluding hydrogens is 248 g/mol. The van der Waals surface area contributed by atoms with E-state index in [1.165, 1.54) is 6.20 Å². The first-order valence-corrected chi connectivity index (χ1v) is 7.16. The number of nitrogens with zero attached hydrogens (tertiary/aromatic N) is 1. The molecule has 0 amide bonds. The van der Waals surface area contributed by atoms with Gasteiger partial charge in [0.2, 0.25) is 10.0 Å². The molecule has 18 heavy (non-hydrogen) atoms. The van der Waals surface area contributed by atoms with E-state index in [-0.39, 0.29) is 5.75 Å². The lowest BCUT2D eigenvalue weighted by Gasteiger charge is -2.08. The number of aromatic nitrogens is 1. The first-order chi connectivity index (χ1) is 8.55. The number of hydrogen-bond donors (Lipinski definition) is 1. The molecule has 0 atom stereocenters. The van der Waals surface area contributed by atoms with Gasteiger partial charge in [0.1, 0.15) is 0 Å². The first-order valence-electron chi connectivity index (χ1n) is 5.51. The minimum atomic E-state index is -3.39. The molecule has 2 rings (SSSR count). The Morgan fingerprint density at radius 1 is 1.17 bits per heavy atom. The Bertz CT molecular complexity index is 624. The quantitative estimate of drug-likeness (QED) is 0.920. The maximum absolute atomic E-state index is 11.9. The van der Waals surface area contributed by atoms with Crippen molar-refractivity contribution in [3.63, 3.8) is 0 Å². The molecule has 4 nitrogen and oxygen atoms in total. The maximum atomic E-state index is 11.9. The van der Waals surface area contributed by atoms with Gasteiger partial charge in [-0.25, -0.2) is 8.42 Å². The molecule has 1 aromatic heterocycles. The second kappa shape index (κ2) is 5.18. The Balaban J connectivity index is 2.13. The van der Waals surface area contributed by atoms with Crippen molar-refractivity contribution < 1.29 is 8.42 Å². The van der Waals surface area contributed by atoms with E-state index in [0.29, 0.717) is 5.69 Å². The maximum Gasteiger partial charge on any atom is 0.236 e. The van der Waals surface area contributed by atoms with E-state index >= 15 is 0 Å². The van der Waals surface area contributed by atoms with Crippen molar-refractivity contribution in [1.29, 1.82) is 0 Å². The summed E-state index contributed by atoms with van der Waals surface area (Å²) in [5.41, 5.74) is 2.16. The van der Waals surface area contributed by atoms with Gasteiger partial charge in [-0.3, -0.25) is 9.71 Å². The van der Waals surface area contributed by atoms with Gasteiger partial charge in [-0.2, -0.15) is 0 Å². The molecule has 1 aromatic carbocycles. The zero-order chi connectivity index (χ0) is 13.0. The molecule has 0 aliphatic rings. The fraction of sp³-hybridized carbons (Fsp3) is 0.154. The minimum Gasteiger partial charge on any atom is -0.282 e. The lowest BCUT2D eigenvalue weighted by atomic mass is 10.2.